The van der Waals surface area contributed by atoms with Crippen LogP contribution in [0.3, 0.4) is 0 Å². The number of hydrogen-bond donors (Lipinski definition) is 1. The molecule has 0 saturated carbocycles. The Balaban J connectivity index is 1.51. The fourth-order valence-electron chi connectivity index (χ4n) is 3.27. The maximum Gasteiger partial charge on any atom is 0.123 e. The van der Waals surface area contributed by atoms with Gasteiger partial charge >= 0.3 is 0 Å². The van der Waals surface area contributed by atoms with Gasteiger partial charge in [0.05, 0.1) is 13.2 Å². The molecule has 0 amide bonds. The molecule has 0 bridgehead atoms. The van der Waals surface area contributed by atoms with Crippen LogP contribution in [0.15, 0.2) is 48.5 Å². The summed E-state index contributed by atoms with van der Waals surface area (Å²) in [5, 5.41) is 10.4. The van der Waals surface area contributed by atoms with Crippen LogP contribution in [-0.4, -0.2) is 54.7 Å². The molecule has 1 heterocycles. The number of methoxy groups -OCH3 is 1. The Bertz CT molecular complexity index is 673. The van der Waals surface area contributed by atoms with Gasteiger partial charge in [0, 0.05) is 44.8 Å². The molecule has 0 aliphatic carbocycles. The van der Waals surface area contributed by atoms with E-state index in [-0.39, 0.29) is 5.82 Å². The number of β-amino-alcohol motifs (C(OH)–C–C–N with tert-alkyl or cyclic N) is 1. The van der Waals surface area contributed by atoms with Crippen LogP contribution in [0.25, 0.3) is 0 Å². The zero-order valence-corrected chi connectivity index (χ0v) is 14.6. The maximum atomic E-state index is 13.5. The van der Waals surface area contributed by atoms with Gasteiger partial charge in [0.25, 0.3) is 0 Å². The second-order valence-electron chi connectivity index (χ2n) is 6.46. The van der Waals surface area contributed by atoms with Crippen molar-refractivity contribution in [1.29, 1.82) is 0 Å². The first-order valence-electron chi connectivity index (χ1n) is 8.66. The number of ether oxygens (including phenoxy) is 1. The van der Waals surface area contributed by atoms with Gasteiger partial charge in [-0.2, -0.15) is 0 Å². The second kappa shape index (κ2) is 8.43. The van der Waals surface area contributed by atoms with Crippen LogP contribution < -0.4 is 4.74 Å². The van der Waals surface area contributed by atoms with Crippen molar-refractivity contribution in [2.45, 2.75) is 12.6 Å². The molecular weight excluding hydrogens is 319 g/mol. The standard InChI is InChI=1S/C20H25FN2O2/c1-25-20-8-7-18(21)13-17(20)14-22-9-11-23(12-10-22)15-19(24)16-5-3-2-4-6-16/h2-8,13,19,24H,9-12,14-15H2,1H3/t19-/m1/s1. The Kier molecular flexibility index (Phi) is 6.02. The van der Waals surface area contributed by atoms with Gasteiger partial charge in [0.2, 0.25) is 0 Å². The molecule has 1 saturated heterocycles. The highest BCUT2D eigenvalue weighted by molar-refractivity contribution is 5.33. The van der Waals surface area contributed by atoms with E-state index in [9.17, 15) is 9.50 Å². The van der Waals surface area contributed by atoms with E-state index in [2.05, 4.69) is 9.80 Å². The van der Waals surface area contributed by atoms with Crippen LogP contribution in [0.2, 0.25) is 0 Å². The highest BCUT2D eigenvalue weighted by Gasteiger charge is 2.21. The van der Waals surface area contributed by atoms with E-state index >= 15 is 0 Å². The minimum absolute atomic E-state index is 0.236. The van der Waals surface area contributed by atoms with Crippen LogP contribution >= 0.6 is 0 Å². The third-order valence-corrected chi connectivity index (χ3v) is 4.72. The zero-order chi connectivity index (χ0) is 17.6. The Morgan fingerprint density at radius 3 is 2.40 bits per heavy atom. The lowest BCUT2D eigenvalue weighted by Crippen LogP contribution is -2.47. The largest absolute Gasteiger partial charge is 0.496 e. The van der Waals surface area contributed by atoms with Gasteiger partial charge in [-0.25, -0.2) is 4.39 Å². The van der Waals surface area contributed by atoms with Gasteiger partial charge in [-0.3, -0.25) is 9.80 Å². The lowest BCUT2D eigenvalue weighted by Gasteiger charge is -2.35. The maximum absolute atomic E-state index is 13.5. The molecule has 0 radical (unpaired) electrons. The van der Waals surface area contributed by atoms with Crippen molar-refractivity contribution in [2.24, 2.45) is 0 Å². The first kappa shape index (κ1) is 17.9. The predicted octanol–water partition coefficient (Wildman–Crippen LogP) is 2.69. The Morgan fingerprint density at radius 2 is 1.72 bits per heavy atom. The van der Waals surface area contributed by atoms with E-state index < -0.39 is 6.10 Å². The Labute approximate surface area is 148 Å². The highest BCUT2D eigenvalue weighted by atomic mass is 19.1. The number of aliphatic hydroxyl groups is 1. The monoisotopic (exact) mass is 344 g/mol. The molecule has 0 spiro atoms. The molecule has 1 fully saturated rings. The molecule has 0 aromatic heterocycles. The summed E-state index contributed by atoms with van der Waals surface area (Å²) in [4.78, 5) is 4.57. The molecule has 25 heavy (non-hydrogen) atoms. The van der Waals surface area contributed by atoms with Gasteiger partial charge in [-0.05, 0) is 23.8 Å². The molecule has 1 atom stereocenters. The summed E-state index contributed by atoms with van der Waals surface area (Å²) in [6, 6.07) is 14.4. The number of rotatable bonds is 6. The molecule has 1 N–H and O–H groups in total. The average Bonchev–Trinajstić information content (AvgIpc) is 2.64. The third-order valence-electron chi connectivity index (χ3n) is 4.72. The van der Waals surface area contributed by atoms with Crippen molar-refractivity contribution in [3.63, 3.8) is 0 Å². The van der Waals surface area contributed by atoms with Crippen molar-refractivity contribution < 1.29 is 14.2 Å². The van der Waals surface area contributed by atoms with Crippen LogP contribution in [-0.2, 0) is 6.54 Å². The molecule has 4 nitrogen and oxygen atoms in total. The molecule has 2 aromatic rings. The first-order valence-corrected chi connectivity index (χ1v) is 8.66. The number of nitrogens with zero attached hydrogens (tertiary/aromatic N) is 2. The molecule has 2 aromatic carbocycles. The summed E-state index contributed by atoms with van der Waals surface area (Å²) in [5.41, 5.74) is 1.83. The van der Waals surface area contributed by atoms with Gasteiger partial charge in [0.15, 0.2) is 0 Å². The van der Waals surface area contributed by atoms with Crippen molar-refractivity contribution in [2.75, 3.05) is 39.8 Å². The van der Waals surface area contributed by atoms with Crippen molar-refractivity contribution in [1.82, 2.24) is 9.80 Å². The minimum Gasteiger partial charge on any atom is -0.496 e. The van der Waals surface area contributed by atoms with E-state index in [1.807, 2.05) is 30.3 Å². The third kappa shape index (κ3) is 4.78. The average molecular weight is 344 g/mol. The van der Waals surface area contributed by atoms with Gasteiger partial charge in [-0.1, -0.05) is 30.3 Å². The van der Waals surface area contributed by atoms with Crippen molar-refractivity contribution in [3.8, 4) is 5.75 Å². The number of hydrogen-bond acceptors (Lipinski definition) is 4. The quantitative estimate of drug-likeness (QED) is 0.874. The van der Waals surface area contributed by atoms with E-state index in [0.29, 0.717) is 13.1 Å². The SMILES string of the molecule is COc1ccc(F)cc1CN1CCN(C[C@@H](O)c2ccccc2)CC1. The normalized spacial score (nSPS) is 17.4. The van der Waals surface area contributed by atoms with Crippen molar-refractivity contribution in [3.05, 3.63) is 65.5 Å². The first-order chi connectivity index (χ1) is 12.2. The molecule has 134 valence electrons. The number of benzene rings is 2. The summed E-state index contributed by atoms with van der Waals surface area (Å²) >= 11 is 0. The Morgan fingerprint density at radius 1 is 1.04 bits per heavy atom. The van der Waals surface area contributed by atoms with E-state index in [1.54, 1.807) is 19.2 Å². The lowest BCUT2D eigenvalue weighted by molar-refractivity contribution is 0.0698. The van der Waals surface area contributed by atoms with Crippen molar-refractivity contribution >= 4 is 0 Å². The topological polar surface area (TPSA) is 35.9 Å². The number of aliphatic hydroxyl groups excluding tert-OH is 1. The van der Waals surface area contributed by atoms with Gasteiger partial charge in [0.1, 0.15) is 11.6 Å². The summed E-state index contributed by atoms with van der Waals surface area (Å²) < 4.78 is 18.8. The number of piperazine rings is 1. The summed E-state index contributed by atoms with van der Waals surface area (Å²) in [6.45, 7) is 4.88. The second-order valence-corrected chi connectivity index (χ2v) is 6.46. The fourth-order valence-corrected chi connectivity index (χ4v) is 3.27. The van der Waals surface area contributed by atoms with Gasteiger partial charge < -0.3 is 9.84 Å². The molecule has 0 unspecified atom stereocenters. The predicted molar refractivity (Wildman–Crippen MR) is 96.1 cm³/mol. The van der Waals surface area contributed by atoms with Crippen LogP contribution in [0, 0.1) is 5.82 Å². The molecule has 5 heteroatoms. The van der Waals surface area contributed by atoms with Crippen LogP contribution in [0.1, 0.15) is 17.2 Å². The highest BCUT2D eigenvalue weighted by Crippen LogP contribution is 2.22. The van der Waals surface area contributed by atoms with Gasteiger partial charge in [-0.15, -0.1) is 0 Å². The lowest BCUT2D eigenvalue weighted by atomic mass is 10.1. The van der Waals surface area contributed by atoms with E-state index in [4.69, 9.17) is 4.74 Å². The number of halogens is 1. The zero-order valence-electron chi connectivity index (χ0n) is 14.6. The molecule has 1 aliphatic heterocycles. The summed E-state index contributed by atoms with van der Waals surface area (Å²) in [7, 11) is 1.61. The molecular formula is C20H25FN2O2. The minimum atomic E-state index is -0.462. The van der Waals surface area contributed by atoms with Crippen LogP contribution in [0.4, 0.5) is 4.39 Å². The molecule has 3 rings (SSSR count). The van der Waals surface area contributed by atoms with Crippen LogP contribution in [0.5, 0.6) is 5.75 Å². The Hall–Kier alpha value is -1.95. The summed E-state index contributed by atoms with van der Waals surface area (Å²) in [5.74, 6) is 0.490. The van der Waals surface area contributed by atoms with E-state index in [1.165, 1.54) is 6.07 Å². The van der Waals surface area contributed by atoms with E-state index in [0.717, 1.165) is 43.1 Å². The molecule has 1 aliphatic rings. The smallest absolute Gasteiger partial charge is 0.123 e. The summed E-state index contributed by atoms with van der Waals surface area (Å²) in [6.07, 6.45) is -0.462. The fraction of sp³-hybridized carbons (Fsp3) is 0.400.